The maximum atomic E-state index is 12.9. The van der Waals surface area contributed by atoms with Crippen LogP contribution < -0.4 is 0 Å². The number of ether oxygens (including phenoxy) is 4. The molecule has 9 nitrogen and oxygen atoms in total. The summed E-state index contributed by atoms with van der Waals surface area (Å²) in [6.07, 6.45) is 78.1. The van der Waals surface area contributed by atoms with E-state index < -0.39 is 18.4 Å². The van der Waals surface area contributed by atoms with E-state index in [1.807, 2.05) is 21.1 Å². The van der Waals surface area contributed by atoms with Crippen LogP contribution in [-0.2, 0) is 33.3 Å². The van der Waals surface area contributed by atoms with E-state index in [0.29, 0.717) is 17.4 Å². The molecule has 81 heavy (non-hydrogen) atoms. The molecule has 0 spiro atoms. The molecular formula is C72H134NO8+. The number of likely N-dealkylation sites (N-methyl/N-ethyl adjacent to an activating group) is 1. The van der Waals surface area contributed by atoms with Crippen LogP contribution in [-0.4, -0.2) is 87.4 Å². The summed E-state index contributed by atoms with van der Waals surface area (Å²) in [5.74, 6) is -1.98. The van der Waals surface area contributed by atoms with Gasteiger partial charge in [-0.05, 0) is 51.4 Å². The Kier molecular flexibility index (Phi) is 61.1. The van der Waals surface area contributed by atoms with Gasteiger partial charge in [0.15, 0.2) is 6.10 Å². The van der Waals surface area contributed by atoms with Gasteiger partial charge in [-0.3, -0.25) is 9.59 Å². The van der Waals surface area contributed by atoms with Gasteiger partial charge in [-0.15, -0.1) is 0 Å². The standard InChI is InChI=1S/C72H133NO8/c1-6-8-10-12-14-16-18-20-22-24-25-26-27-28-29-30-31-32-33-34-35-36-37-38-39-40-41-42-43-44-45-47-49-51-53-55-57-59-61-63-70(75)81-68(67-80-72(71(76)77)78-65-64-73(3,4)5)66-79-69(74)62-60-58-56-54-52-50-48-46-23-21-19-17-15-13-11-9-7-2/h8,10,14,16,20,22,25-26,68,72H,6-7,9,11-13,15,17-19,21,23-24,27-67H2,1-5H3/p+1/b10-8-,16-14-,22-20-,26-25-. The highest BCUT2D eigenvalue weighted by Gasteiger charge is 2.25. The van der Waals surface area contributed by atoms with Crippen molar-refractivity contribution in [2.75, 3.05) is 47.5 Å². The lowest BCUT2D eigenvalue weighted by molar-refractivity contribution is -0.870. The molecule has 0 aromatic heterocycles. The minimum atomic E-state index is -1.51. The van der Waals surface area contributed by atoms with Crippen LogP contribution in [0.3, 0.4) is 0 Å². The lowest BCUT2D eigenvalue weighted by Crippen LogP contribution is -2.40. The molecule has 0 aliphatic heterocycles. The van der Waals surface area contributed by atoms with E-state index in [1.54, 1.807) is 0 Å². The van der Waals surface area contributed by atoms with Crippen molar-refractivity contribution in [3.8, 4) is 0 Å². The number of carbonyl (C=O) groups is 3. The average Bonchev–Trinajstić information content (AvgIpc) is 3.44. The summed E-state index contributed by atoms with van der Waals surface area (Å²) in [6.45, 7) is 4.82. The molecule has 0 aliphatic rings. The summed E-state index contributed by atoms with van der Waals surface area (Å²) in [5, 5.41) is 9.73. The van der Waals surface area contributed by atoms with Crippen molar-refractivity contribution in [3.63, 3.8) is 0 Å². The van der Waals surface area contributed by atoms with E-state index in [1.165, 1.54) is 244 Å². The fourth-order valence-electron chi connectivity index (χ4n) is 10.3. The molecule has 0 bridgehead atoms. The number of carboxylic acids is 1. The molecule has 0 aliphatic carbocycles. The third kappa shape index (κ3) is 64.7. The van der Waals surface area contributed by atoms with E-state index in [2.05, 4.69) is 62.5 Å². The maximum absolute atomic E-state index is 12.9. The summed E-state index contributed by atoms with van der Waals surface area (Å²) in [6, 6.07) is 0. The normalized spacial score (nSPS) is 13.0. The first-order valence-electron chi connectivity index (χ1n) is 34.8. The largest absolute Gasteiger partial charge is 0.477 e. The predicted molar refractivity (Wildman–Crippen MR) is 346 cm³/mol. The van der Waals surface area contributed by atoms with Crippen molar-refractivity contribution in [2.24, 2.45) is 0 Å². The second-order valence-corrected chi connectivity index (χ2v) is 24.8. The Balaban J connectivity index is 3.95. The molecule has 0 saturated heterocycles. The summed E-state index contributed by atoms with van der Waals surface area (Å²) < 4.78 is 23.0. The Morgan fingerprint density at radius 3 is 1.05 bits per heavy atom. The van der Waals surface area contributed by atoms with Gasteiger partial charge in [-0.2, -0.15) is 0 Å². The molecule has 474 valence electrons. The van der Waals surface area contributed by atoms with E-state index in [0.717, 1.165) is 64.2 Å². The topological polar surface area (TPSA) is 108 Å². The van der Waals surface area contributed by atoms with Gasteiger partial charge in [-0.25, -0.2) is 4.79 Å². The third-order valence-corrected chi connectivity index (χ3v) is 15.6. The van der Waals surface area contributed by atoms with Crippen molar-refractivity contribution in [3.05, 3.63) is 48.6 Å². The van der Waals surface area contributed by atoms with Crippen molar-refractivity contribution < 1.29 is 42.9 Å². The van der Waals surface area contributed by atoms with Crippen molar-refractivity contribution in [2.45, 2.75) is 347 Å². The highest BCUT2D eigenvalue weighted by Crippen LogP contribution is 2.19. The van der Waals surface area contributed by atoms with Gasteiger partial charge < -0.3 is 28.5 Å². The van der Waals surface area contributed by atoms with Crippen molar-refractivity contribution in [1.82, 2.24) is 0 Å². The number of quaternary nitrogens is 1. The quantitative estimate of drug-likeness (QED) is 0.0211. The Bertz CT molecular complexity index is 1470. The van der Waals surface area contributed by atoms with Crippen LogP contribution in [0, 0.1) is 0 Å². The molecule has 0 aromatic carbocycles. The van der Waals surface area contributed by atoms with Crippen LogP contribution in [0.2, 0.25) is 0 Å². The third-order valence-electron chi connectivity index (χ3n) is 15.6. The summed E-state index contributed by atoms with van der Waals surface area (Å²) >= 11 is 0. The van der Waals surface area contributed by atoms with Crippen LogP contribution in [0.1, 0.15) is 335 Å². The molecule has 0 heterocycles. The number of aliphatic carboxylic acids is 1. The molecular weight excluding hydrogens is 1010 g/mol. The summed E-state index contributed by atoms with van der Waals surface area (Å²) in [4.78, 5) is 37.5. The van der Waals surface area contributed by atoms with Gasteiger partial charge in [0.25, 0.3) is 6.29 Å². The molecule has 2 unspecified atom stereocenters. The van der Waals surface area contributed by atoms with Crippen LogP contribution in [0.4, 0.5) is 0 Å². The van der Waals surface area contributed by atoms with Crippen LogP contribution in [0.15, 0.2) is 48.6 Å². The first-order valence-corrected chi connectivity index (χ1v) is 34.8. The summed E-state index contributed by atoms with van der Waals surface area (Å²) in [7, 11) is 5.99. The molecule has 2 atom stereocenters. The number of hydrogen-bond acceptors (Lipinski definition) is 7. The van der Waals surface area contributed by atoms with Gasteiger partial charge in [0.1, 0.15) is 13.2 Å². The number of carbonyl (C=O) groups excluding carboxylic acids is 2. The van der Waals surface area contributed by atoms with Gasteiger partial charge in [-0.1, -0.05) is 319 Å². The molecule has 0 rings (SSSR count). The van der Waals surface area contributed by atoms with E-state index in [9.17, 15) is 19.5 Å². The van der Waals surface area contributed by atoms with Gasteiger partial charge in [0.05, 0.1) is 34.4 Å². The summed E-state index contributed by atoms with van der Waals surface area (Å²) in [5.41, 5.74) is 0. The van der Waals surface area contributed by atoms with Gasteiger partial charge in [0.2, 0.25) is 0 Å². The lowest BCUT2D eigenvalue weighted by atomic mass is 10.0. The Morgan fingerprint density at radius 2 is 0.704 bits per heavy atom. The van der Waals surface area contributed by atoms with Gasteiger partial charge in [0, 0.05) is 12.8 Å². The number of rotatable bonds is 65. The first-order chi connectivity index (χ1) is 39.6. The number of nitrogens with zero attached hydrogens (tertiary/aromatic N) is 1. The zero-order valence-electron chi connectivity index (χ0n) is 54.2. The minimum Gasteiger partial charge on any atom is -0.477 e. The number of carboxylic acid groups (broad SMARTS) is 1. The number of esters is 2. The SMILES string of the molecule is CC/C=C\C/C=C\C/C=C\C/C=C\CCCCCCCCCCCCCCCCCCCCCCCCCCCCC(=O)OC(COC(=O)CCCCCCCCCCCCCCCCCCC)COC(OCC[N+](C)(C)C)C(=O)O. The van der Waals surface area contributed by atoms with Crippen LogP contribution in [0.25, 0.3) is 0 Å². The maximum Gasteiger partial charge on any atom is 0.361 e. The van der Waals surface area contributed by atoms with Crippen molar-refractivity contribution >= 4 is 17.9 Å². The zero-order chi connectivity index (χ0) is 59.1. The highest BCUT2D eigenvalue weighted by molar-refractivity contribution is 5.71. The predicted octanol–water partition coefficient (Wildman–Crippen LogP) is 21.4. The molecule has 0 aromatic rings. The number of hydrogen-bond donors (Lipinski definition) is 1. The Hall–Kier alpha value is -2.75. The highest BCUT2D eigenvalue weighted by atomic mass is 16.7. The van der Waals surface area contributed by atoms with Crippen molar-refractivity contribution in [1.29, 1.82) is 0 Å². The second-order valence-electron chi connectivity index (χ2n) is 24.8. The first kappa shape index (κ1) is 78.2. The number of unbranched alkanes of at least 4 members (excludes halogenated alkanes) is 42. The smallest absolute Gasteiger partial charge is 0.361 e. The lowest BCUT2D eigenvalue weighted by Gasteiger charge is -2.25. The van der Waals surface area contributed by atoms with Gasteiger partial charge >= 0.3 is 17.9 Å². The molecule has 9 heteroatoms. The average molecular weight is 1140 g/mol. The molecule has 1 N–H and O–H groups in total. The van der Waals surface area contributed by atoms with E-state index >= 15 is 0 Å². The molecule has 0 saturated carbocycles. The molecule has 0 amide bonds. The van der Waals surface area contributed by atoms with E-state index in [4.69, 9.17) is 18.9 Å². The minimum absolute atomic E-state index is 0.175. The van der Waals surface area contributed by atoms with E-state index in [-0.39, 0.29) is 38.2 Å². The fourth-order valence-corrected chi connectivity index (χ4v) is 10.3. The Labute approximate surface area is 502 Å². The zero-order valence-corrected chi connectivity index (χ0v) is 54.2. The monoisotopic (exact) mass is 1140 g/mol. The van der Waals surface area contributed by atoms with Crippen LogP contribution >= 0.6 is 0 Å². The second kappa shape index (κ2) is 63.3. The Morgan fingerprint density at radius 1 is 0.383 bits per heavy atom. The molecule has 0 radical (unpaired) electrons. The number of allylic oxidation sites excluding steroid dienone is 8. The fraction of sp³-hybridized carbons (Fsp3) is 0.847. The molecule has 0 fully saturated rings. The van der Waals surface area contributed by atoms with Crippen LogP contribution in [0.5, 0.6) is 0 Å².